The summed E-state index contributed by atoms with van der Waals surface area (Å²) in [7, 11) is 0. The number of nitrogens with two attached hydrogens (primary N) is 1. The maximum absolute atomic E-state index is 11.0. The van der Waals surface area contributed by atoms with Crippen LogP contribution in [0.15, 0.2) is 33.5 Å². The summed E-state index contributed by atoms with van der Waals surface area (Å²) in [6.45, 7) is 2.73. The van der Waals surface area contributed by atoms with E-state index in [0.29, 0.717) is 11.3 Å². The number of rotatable bonds is 1. The molecule has 0 amide bonds. The Balaban J connectivity index is 0.000000234. The number of aliphatic carboxylic acids is 1. The average molecular weight is 371 g/mol. The molecule has 0 aliphatic carbocycles. The van der Waals surface area contributed by atoms with E-state index in [0.717, 1.165) is 30.3 Å². The van der Waals surface area contributed by atoms with E-state index in [9.17, 15) is 9.59 Å². The quantitative estimate of drug-likeness (QED) is 0.524. The van der Waals surface area contributed by atoms with Crippen LogP contribution in [0.3, 0.4) is 0 Å². The Morgan fingerprint density at radius 1 is 1.41 bits per heavy atom. The number of hydrogen-bond donors (Lipinski definition) is 3. The number of nitrogens with one attached hydrogen (secondary N) is 1. The third-order valence-electron chi connectivity index (χ3n) is 3.33. The summed E-state index contributed by atoms with van der Waals surface area (Å²) < 4.78 is 4.99. The zero-order chi connectivity index (χ0) is 15.4. The first-order chi connectivity index (χ1) is 9.97. The number of nitrogen functional groups attached to an aromatic ring is 1. The molecule has 1 aliphatic rings. The summed E-state index contributed by atoms with van der Waals surface area (Å²) in [5.41, 5.74) is 7.28. The molecule has 1 saturated heterocycles. The molecule has 0 spiro atoms. The number of hydrogen-bond acceptors (Lipinski definition) is 5. The maximum Gasteiger partial charge on any atom is 0.336 e. The number of carboxylic acid groups (broad SMARTS) is 1. The van der Waals surface area contributed by atoms with Gasteiger partial charge in [-0.05, 0) is 44.0 Å². The number of anilines is 1. The number of halogens is 1. The first kappa shape index (κ1) is 18.2. The molecule has 0 bridgehead atoms. The molecule has 0 radical (unpaired) electrons. The van der Waals surface area contributed by atoms with Gasteiger partial charge in [-0.2, -0.15) is 0 Å². The van der Waals surface area contributed by atoms with Crippen molar-refractivity contribution in [2.24, 2.45) is 0 Å². The molecule has 4 N–H and O–H groups in total. The van der Waals surface area contributed by atoms with Crippen LogP contribution in [0.4, 0.5) is 5.69 Å². The SMILES string of the molecule is Br.Cc1cc(=O)oc2cc(N)ccc12.O=C(O)[C@@H]1CCCN1. The van der Waals surface area contributed by atoms with Crippen LogP contribution < -0.4 is 16.7 Å². The van der Waals surface area contributed by atoms with Crippen molar-refractivity contribution >= 4 is 39.6 Å². The van der Waals surface area contributed by atoms with Crippen LogP contribution in [-0.4, -0.2) is 23.7 Å². The van der Waals surface area contributed by atoms with E-state index in [2.05, 4.69) is 5.32 Å². The maximum atomic E-state index is 11.0. The first-order valence-electron chi connectivity index (χ1n) is 6.73. The van der Waals surface area contributed by atoms with Gasteiger partial charge in [0.15, 0.2) is 0 Å². The fraction of sp³-hybridized carbons (Fsp3) is 0.333. The van der Waals surface area contributed by atoms with E-state index in [1.165, 1.54) is 6.07 Å². The number of aryl methyl sites for hydroxylation is 1. The van der Waals surface area contributed by atoms with Crippen LogP contribution in [0.25, 0.3) is 11.0 Å². The van der Waals surface area contributed by atoms with Gasteiger partial charge in [-0.3, -0.25) is 4.79 Å². The predicted molar refractivity (Wildman–Crippen MR) is 90.6 cm³/mol. The zero-order valence-electron chi connectivity index (χ0n) is 12.2. The van der Waals surface area contributed by atoms with Crippen LogP contribution >= 0.6 is 17.0 Å². The van der Waals surface area contributed by atoms with E-state index in [4.69, 9.17) is 15.3 Å². The van der Waals surface area contributed by atoms with E-state index in [1.807, 2.05) is 13.0 Å². The van der Waals surface area contributed by atoms with Gasteiger partial charge in [-0.15, -0.1) is 17.0 Å². The first-order valence-corrected chi connectivity index (χ1v) is 6.73. The third-order valence-corrected chi connectivity index (χ3v) is 3.33. The van der Waals surface area contributed by atoms with Crippen LogP contribution in [0, 0.1) is 6.92 Å². The Hall–Kier alpha value is -1.86. The second-order valence-electron chi connectivity index (χ2n) is 4.99. The normalized spacial score (nSPS) is 16.5. The predicted octanol–water partition coefficient (Wildman–Crippen LogP) is 2.08. The van der Waals surface area contributed by atoms with Crippen molar-refractivity contribution < 1.29 is 14.3 Å². The topological polar surface area (TPSA) is 106 Å². The molecule has 1 aromatic heterocycles. The van der Waals surface area contributed by atoms with E-state index < -0.39 is 5.97 Å². The Bertz CT molecular complexity index is 708. The minimum Gasteiger partial charge on any atom is -0.480 e. The fourth-order valence-corrected chi connectivity index (χ4v) is 2.24. The smallest absolute Gasteiger partial charge is 0.336 e. The van der Waals surface area contributed by atoms with Crippen molar-refractivity contribution in [3.8, 4) is 0 Å². The number of fused-ring (bicyclic) bond motifs is 1. The largest absolute Gasteiger partial charge is 0.480 e. The summed E-state index contributed by atoms with van der Waals surface area (Å²) in [5, 5.41) is 12.1. The van der Waals surface area contributed by atoms with E-state index in [-0.39, 0.29) is 28.6 Å². The van der Waals surface area contributed by atoms with Crippen LogP contribution in [-0.2, 0) is 4.79 Å². The van der Waals surface area contributed by atoms with Crippen molar-refractivity contribution in [1.29, 1.82) is 0 Å². The molecular formula is C15H19BrN2O4. The lowest BCUT2D eigenvalue weighted by Crippen LogP contribution is -2.29. The summed E-state index contributed by atoms with van der Waals surface area (Å²) in [6, 6.07) is 6.50. The lowest BCUT2D eigenvalue weighted by molar-refractivity contribution is -0.139. The Labute approximate surface area is 138 Å². The Morgan fingerprint density at radius 2 is 2.14 bits per heavy atom. The summed E-state index contributed by atoms with van der Waals surface area (Å²) in [4.78, 5) is 21.1. The summed E-state index contributed by atoms with van der Waals surface area (Å²) in [5.74, 6) is -0.720. The minimum atomic E-state index is -0.720. The lowest BCUT2D eigenvalue weighted by atomic mass is 10.1. The van der Waals surface area contributed by atoms with Gasteiger partial charge >= 0.3 is 11.6 Å². The monoisotopic (exact) mass is 370 g/mol. The molecule has 120 valence electrons. The highest BCUT2D eigenvalue weighted by Gasteiger charge is 2.20. The van der Waals surface area contributed by atoms with Crippen molar-refractivity contribution in [1.82, 2.24) is 5.32 Å². The highest BCUT2D eigenvalue weighted by molar-refractivity contribution is 8.93. The molecule has 3 rings (SSSR count). The van der Waals surface area contributed by atoms with Crippen molar-refractivity contribution in [3.05, 3.63) is 40.2 Å². The van der Waals surface area contributed by atoms with Crippen molar-refractivity contribution in [2.75, 3.05) is 12.3 Å². The summed E-state index contributed by atoms with van der Waals surface area (Å²) in [6.07, 6.45) is 1.78. The Kier molecular flexibility index (Phi) is 6.58. The number of carbonyl (C=O) groups is 1. The van der Waals surface area contributed by atoms with Gasteiger partial charge in [0, 0.05) is 23.2 Å². The number of carboxylic acids is 1. The average Bonchev–Trinajstić information content (AvgIpc) is 2.92. The summed E-state index contributed by atoms with van der Waals surface area (Å²) >= 11 is 0. The molecule has 1 atom stereocenters. The molecule has 22 heavy (non-hydrogen) atoms. The molecule has 6 nitrogen and oxygen atoms in total. The molecule has 1 aromatic carbocycles. The van der Waals surface area contributed by atoms with Gasteiger partial charge in [0.1, 0.15) is 11.6 Å². The van der Waals surface area contributed by atoms with Gasteiger partial charge < -0.3 is 20.6 Å². The van der Waals surface area contributed by atoms with Crippen molar-refractivity contribution in [3.63, 3.8) is 0 Å². The van der Waals surface area contributed by atoms with Crippen molar-refractivity contribution in [2.45, 2.75) is 25.8 Å². The van der Waals surface area contributed by atoms with Crippen LogP contribution in [0.1, 0.15) is 18.4 Å². The standard InChI is InChI=1S/C10H9NO2.C5H9NO2.BrH/c1-6-4-10(12)13-9-5-7(11)2-3-8(6)9;7-5(8)4-2-1-3-6-4;/h2-5H,11H2,1H3;4,6H,1-3H2,(H,7,8);1H/t;4-;/m.0./s1. The van der Waals surface area contributed by atoms with Crippen LogP contribution in [0.5, 0.6) is 0 Å². The lowest BCUT2D eigenvalue weighted by Gasteiger charge is -2.00. The fourth-order valence-electron chi connectivity index (χ4n) is 2.24. The second-order valence-corrected chi connectivity index (χ2v) is 4.99. The third kappa shape index (κ3) is 4.57. The van der Waals surface area contributed by atoms with Crippen LogP contribution in [0.2, 0.25) is 0 Å². The second kappa shape index (κ2) is 7.95. The molecule has 1 aliphatic heterocycles. The van der Waals surface area contributed by atoms with Gasteiger partial charge in [0.2, 0.25) is 0 Å². The molecule has 1 fully saturated rings. The number of benzene rings is 1. The van der Waals surface area contributed by atoms with Gasteiger partial charge in [-0.1, -0.05) is 0 Å². The molecule has 7 heteroatoms. The molecule has 2 heterocycles. The van der Waals surface area contributed by atoms with Gasteiger partial charge in [0.25, 0.3) is 0 Å². The Morgan fingerprint density at radius 3 is 2.68 bits per heavy atom. The molecule has 0 unspecified atom stereocenters. The molecular weight excluding hydrogens is 352 g/mol. The van der Waals surface area contributed by atoms with Gasteiger partial charge in [0.05, 0.1) is 0 Å². The van der Waals surface area contributed by atoms with E-state index in [1.54, 1.807) is 12.1 Å². The highest BCUT2D eigenvalue weighted by atomic mass is 79.9. The van der Waals surface area contributed by atoms with Gasteiger partial charge in [-0.25, -0.2) is 4.79 Å². The highest BCUT2D eigenvalue weighted by Crippen LogP contribution is 2.18. The minimum absolute atomic E-state index is 0. The zero-order valence-corrected chi connectivity index (χ0v) is 13.9. The van der Waals surface area contributed by atoms with E-state index >= 15 is 0 Å². The molecule has 2 aromatic rings. The molecule has 0 saturated carbocycles.